The number of non-ortho nitro benzene ring substituents is 1. The number of carboxylic acid groups (broad SMARTS) is 1. The first-order valence-corrected chi connectivity index (χ1v) is 9.33. The van der Waals surface area contributed by atoms with Gasteiger partial charge in [-0.15, -0.1) is 0 Å². The van der Waals surface area contributed by atoms with E-state index in [2.05, 4.69) is 4.99 Å². The van der Waals surface area contributed by atoms with Gasteiger partial charge in [0.25, 0.3) is 5.69 Å². The first-order valence-electron chi connectivity index (χ1n) is 8.34. The number of nitrogens with zero attached hydrogens (tertiary/aromatic N) is 3. The van der Waals surface area contributed by atoms with E-state index < -0.39 is 27.9 Å². The number of nitro benzene ring substituents is 1. The lowest BCUT2D eigenvalue weighted by Gasteiger charge is -2.40. The highest BCUT2D eigenvalue weighted by molar-refractivity contribution is 8.13. The summed E-state index contributed by atoms with van der Waals surface area (Å²) in [6.45, 7) is 5.58. The number of hydrogen-bond donors (Lipinski definition) is 1. The predicted octanol–water partition coefficient (Wildman–Crippen LogP) is 3.46. The minimum absolute atomic E-state index is 0.0391. The van der Waals surface area contributed by atoms with Crippen molar-refractivity contribution in [2.24, 2.45) is 10.9 Å². The molecule has 1 aromatic carbocycles. The number of amides is 1. The monoisotopic (exact) mass is 397 g/mol. The zero-order valence-corrected chi connectivity index (χ0v) is 16.0. The highest BCUT2D eigenvalue weighted by Crippen LogP contribution is 2.47. The van der Waals surface area contributed by atoms with Gasteiger partial charge in [-0.25, -0.2) is 14.2 Å². The van der Waals surface area contributed by atoms with Crippen molar-refractivity contribution in [3.8, 4) is 0 Å². The topological polar surface area (TPSA) is 105 Å². The number of halogens is 1. The third-order valence-corrected chi connectivity index (χ3v) is 5.81. The Morgan fingerprint density at radius 1 is 1.52 bits per heavy atom. The van der Waals surface area contributed by atoms with Crippen molar-refractivity contribution in [1.29, 1.82) is 0 Å². The molecule has 3 rings (SSSR count). The van der Waals surface area contributed by atoms with E-state index in [1.54, 1.807) is 20.8 Å². The summed E-state index contributed by atoms with van der Waals surface area (Å²) in [6.07, 6.45) is -1.17. The summed E-state index contributed by atoms with van der Waals surface area (Å²) in [4.78, 5) is 28.2. The number of ether oxygens (including phenoxy) is 1. The van der Waals surface area contributed by atoms with E-state index in [0.717, 1.165) is 17.0 Å². The number of nitro groups is 1. The van der Waals surface area contributed by atoms with E-state index in [9.17, 15) is 24.4 Å². The Labute approximate surface area is 159 Å². The van der Waals surface area contributed by atoms with Crippen LogP contribution in [0.1, 0.15) is 26.3 Å². The van der Waals surface area contributed by atoms with Crippen molar-refractivity contribution >= 4 is 28.7 Å². The fourth-order valence-corrected chi connectivity index (χ4v) is 4.82. The van der Waals surface area contributed by atoms with Crippen molar-refractivity contribution in [3.63, 3.8) is 0 Å². The Bertz CT molecular complexity index is 825. The molecule has 0 spiro atoms. The third-order valence-electron chi connectivity index (χ3n) is 4.71. The van der Waals surface area contributed by atoms with Crippen LogP contribution in [0.5, 0.6) is 0 Å². The number of fused-ring (bicyclic) bond motifs is 1. The maximum absolute atomic E-state index is 14.7. The normalized spacial score (nSPS) is 24.9. The quantitative estimate of drug-likeness (QED) is 0.605. The Kier molecular flexibility index (Phi) is 4.89. The summed E-state index contributed by atoms with van der Waals surface area (Å²) >= 11 is 1.27. The van der Waals surface area contributed by atoms with E-state index in [4.69, 9.17) is 4.74 Å². The molecule has 0 radical (unpaired) electrons. The molecule has 2 aliphatic heterocycles. The standard InChI is InChI=1S/C17H20FN3O5S/c1-16(2,3)20(15(22)23)14-19-17(9-26-7-10(17)8-27-14)12-6-11(21(24)25)4-5-13(12)18/h4-6,10H,7-9H2,1-3H3,(H,22,23)/t10-,17-/m0/s1. The van der Waals surface area contributed by atoms with E-state index in [1.165, 1.54) is 17.8 Å². The molecule has 1 aromatic rings. The lowest BCUT2D eigenvalue weighted by Crippen LogP contribution is -2.51. The molecule has 1 saturated heterocycles. The summed E-state index contributed by atoms with van der Waals surface area (Å²) in [5.41, 5.74) is -2.12. The maximum atomic E-state index is 14.7. The van der Waals surface area contributed by atoms with Crippen LogP contribution in [-0.4, -0.2) is 50.7 Å². The zero-order valence-electron chi connectivity index (χ0n) is 15.1. The van der Waals surface area contributed by atoms with Crippen LogP contribution in [0.25, 0.3) is 0 Å². The molecule has 8 nitrogen and oxygen atoms in total. The molecule has 0 aromatic heterocycles. The number of carbonyl (C=O) groups is 1. The molecule has 2 atom stereocenters. The number of aliphatic imine (C=N–C) groups is 1. The third kappa shape index (κ3) is 3.39. The van der Waals surface area contributed by atoms with Gasteiger partial charge in [0.15, 0.2) is 5.17 Å². The minimum Gasteiger partial charge on any atom is -0.465 e. The Morgan fingerprint density at radius 2 is 2.22 bits per heavy atom. The van der Waals surface area contributed by atoms with Gasteiger partial charge < -0.3 is 9.84 Å². The molecular weight excluding hydrogens is 377 g/mol. The summed E-state index contributed by atoms with van der Waals surface area (Å²) in [6, 6.07) is 3.32. The van der Waals surface area contributed by atoms with Crippen LogP contribution < -0.4 is 0 Å². The van der Waals surface area contributed by atoms with Crippen LogP contribution in [0.15, 0.2) is 23.2 Å². The number of hydrogen-bond acceptors (Lipinski definition) is 6. The van der Waals surface area contributed by atoms with Gasteiger partial charge >= 0.3 is 6.09 Å². The van der Waals surface area contributed by atoms with Crippen LogP contribution in [0, 0.1) is 21.8 Å². The molecular formula is C17H20FN3O5S. The van der Waals surface area contributed by atoms with Crippen molar-refractivity contribution in [1.82, 2.24) is 4.90 Å². The van der Waals surface area contributed by atoms with E-state index in [1.807, 2.05) is 0 Å². The smallest absolute Gasteiger partial charge is 0.413 e. The first kappa shape index (κ1) is 19.6. The Balaban J connectivity index is 2.18. The van der Waals surface area contributed by atoms with Crippen LogP contribution in [0.2, 0.25) is 0 Å². The van der Waals surface area contributed by atoms with E-state index in [-0.39, 0.29) is 28.9 Å². The largest absolute Gasteiger partial charge is 0.465 e. The predicted molar refractivity (Wildman–Crippen MR) is 98.6 cm³/mol. The van der Waals surface area contributed by atoms with Gasteiger partial charge in [0.05, 0.1) is 18.1 Å². The molecule has 10 heteroatoms. The fraction of sp³-hybridized carbons (Fsp3) is 0.529. The first-order chi connectivity index (χ1) is 12.6. The molecule has 0 bridgehead atoms. The van der Waals surface area contributed by atoms with Gasteiger partial charge in [-0.2, -0.15) is 0 Å². The van der Waals surface area contributed by atoms with Gasteiger partial charge in [-0.05, 0) is 26.8 Å². The van der Waals surface area contributed by atoms with Gasteiger partial charge in [-0.3, -0.25) is 15.0 Å². The lowest BCUT2D eigenvalue weighted by molar-refractivity contribution is -0.385. The van der Waals surface area contributed by atoms with Gasteiger partial charge in [0.1, 0.15) is 11.4 Å². The van der Waals surface area contributed by atoms with Gasteiger partial charge in [-0.1, -0.05) is 11.8 Å². The van der Waals surface area contributed by atoms with Crippen molar-refractivity contribution < 1.29 is 24.0 Å². The Hall–Kier alpha value is -2.20. The molecule has 1 N–H and O–H groups in total. The van der Waals surface area contributed by atoms with Crippen molar-refractivity contribution in [2.75, 3.05) is 19.0 Å². The summed E-state index contributed by atoms with van der Waals surface area (Å²) in [5.74, 6) is -0.358. The Morgan fingerprint density at radius 3 is 2.81 bits per heavy atom. The van der Waals surface area contributed by atoms with Crippen molar-refractivity contribution in [3.05, 3.63) is 39.7 Å². The average molecular weight is 397 g/mol. The van der Waals surface area contributed by atoms with E-state index >= 15 is 0 Å². The highest BCUT2D eigenvalue weighted by atomic mass is 32.2. The average Bonchev–Trinajstić information content (AvgIpc) is 2.97. The minimum atomic E-state index is -1.18. The highest BCUT2D eigenvalue weighted by Gasteiger charge is 2.51. The number of rotatable bonds is 2. The van der Waals surface area contributed by atoms with Crippen LogP contribution >= 0.6 is 11.8 Å². The molecule has 0 saturated carbocycles. The van der Waals surface area contributed by atoms with Crippen molar-refractivity contribution in [2.45, 2.75) is 31.8 Å². The molecule has 1 fully saturated rings. The lowest BCUT2D eigenvalue weighted by atomic mass is 9.81. The van der Waals surface area contributed by atoms with Gasteiger partial charge in [0.2, 0.25) is 0 Å². The second-order valence-electron chi connectivity index (χ2n) is 7.55. The zero-order chi connectivity index (χ0) is 20.0. The SMILES string of the molecule is CC(C)(C)N(C(=O)O)C1=N[C@@]2(c3cc([N+](=O)[O-])ccc3F)COC[C@H]2CS1. The van der Waals surface area contributed by atoms with Crippen LogP contribution in [0.3, 0.4) is 0 Å². The number of thioether (sulfide) groups is 1. The van der Waals surface area contributed by atoms with Crippen LogP contribution in [-0.2, 0) is 10.3 Å². The molecule has 0 unspecified atom stereocenters. The number of benzene rings is 1. The summed E-state index contributed by atoms with van der Waals surface area (Å²) < 4.78 is 20.2. The fourth-order valence-electron chi connectivity index (χ4n) is 3.39. The second kappa shape index (κ2) is 6.75. The summed E-state index contributed by atoms with van der Waals surface area (Å²) in [7, 11) is 0. The molecule has 2 aliphatic rings. The van der Waals surface area contributed by atoms with Crippen LogP contribution in [0.4, 0.5) is 14.9 Å². The summed E-state index contributed by atoms with van der Waals surface area (Å²) in [5, 5.41) is 21.1. The molecule has 2 heterocycles. The molecule has 0 aliphatic carbocycles. The van der Waals surface area contributed by atoms with Gasteiger partial charge in [0, 0.05) is 34.9 Å². The molecule has 27 heavy (non-hydrogen) atoms. The molecule has 146 valence electrons. The molecule has 1 amide bonds. The van der Waals surface area contributed by atoms with E-state index in [0.29, 0.717) is 12.4 Å². The maximum Gasteiger partial charge on any atom is 0.413 e. The second-order valence-corrected chi connectivity index (χ2v) is 8.54. The number of amidine groups is 1.